The number of rotatable bonds is 3. The second kappa shape index (κ2) is 3.04. The normalized spacial score (nSPS) is 32.9. The second-order valence-corrected chi connectivity index (χ2v) is 3.61. The largest absolute Gasteiger partial charge is 0.326 e. The third-order valence-corrected chi connectivity index (χ3v) is 2.46. The van der Waals surface area contributed by atoms with Crippen LogP contribution in [0.2, 0.25) is 0 Å². The summed E-state index contributed by atoms with van der Waals surface area (Å²) in [7, 11) is 0. The molecule has 0 aromatic carbocycles. The first-order chi connectivity index (χ1) is 6.64. The molecule has 0 bridgehead atoms. The Morgan fingerprint density at radius 2 is 2.57 bits per heavy atom. The van der Waals surface area contributed by atoms with E-state index in [-0.39, 0.29) is 18.2 Å². The van der Waals surface area contributed by atoms with Crippen LogP contribution in [0, 0.1) is 5.92 Å². The Labute approximate surface area is 80.7 Å². The van der Waals surface area contributed by atoms with E-state index in [2.05, 4.69) is 5.32 Å². The molecule has 0 spiro atoms. The van der Waals surface area contributed by atoms with E-state index in [0.29, 0.717) is 18.4 Å². The van der Waals surface area contributed by atoms with Gasteiger partial charge < -0.3 is 10.1 Å². The van der Waals surface area contributed by atoms with Gasteiger partial charge in [0, 0.05) is 11.6 Å². The summed E-state index contributed by atoms with van der Waals surface area (Å²) in [6.07, 6.45) is 5.59. The molecule has 0 aliphatic heterocycles. The summed E-state index contributed by atoms with van der Waals surface area (Å²) in [6, 6.07) is 0. The predicted molar refractivity (Wildman–Crippen MR) is 48.0 cm³/mol. The van der Waals surface area contributed by atoms with Crippen molar-refractivity contribution in [3.05, 3.63) is 23.9 Å². The fraction of sp³-hybridized carbons (Fsp3) is 0.400. The summed E-state index contributed by atoms with van der Waals surface area (Å²) in [5.74, 6) is -0.457. The van der Waals surface area contributed by atoms with Crippen LogP contribution in [0.4, 0.5) is 4.39 Å². The molecule has 0 aromatic rings. The molecule has 2 aliphatic rings. The molecule has 14 heavy (non-hydrogen) atoms. The second-order valence-electron chi connectivity index (χ2n) is 3.61. The van der Waals surface area contributed by atoms with E-state index < -0.39 is 5.67 Å². The summed E-state index contributed by atoms with van der Waals surface area (Å²) < 4.78 is 13.3. The smallest absolute Gasteiger partial charge is 0.231 e. The molecular formula is C10H10FNO2. The zero-order valence-corrected chi connectivity index (χ0v) is 7.50. The van der Waals surface area contributed by atoms with E-state index in [1.165, 1.54) is 6.08 Å². The quantitative estimate of drug-likeness (QED) is 0.536. The van der Waals surface area contributed by atoms with Crippen molar-refractivity contribution < 1.29 is 14.0 Å². The zero-order chi connectivity index (χ0) is 10.2. The van der Waals surface area contributed by atoms with E-state index in [1.54, 1.807) is 12.2 Å². The van der Waals surface area contributed by atoms with Gasteiger partial charge in [0.25, 0.3) is 0 Å². The lowest BCUT2D eigenvalue weighted by Crippen LogP contribution is -2.23. The van der Waals surface area contributed by atoms with Crippen molar-refractivity contribution >= 4 is 12.2 Å². The van der Waals surface area contributed by atoms with Crippen LogP contribution >= 0.6 is 0 Å². The number of fused-ring (bicyclic) bond motifs is 1. The predicted octanol–water partition coefficient (Wildman–Crippen LogP) is 0.874. The van der Waals surface area contributed by atoms with Gasteiger partial charge >= 0.3 is 0 Å². The van der Waals surface area contributed by atoms with E-state index in [9.17, 15) is 14.0 Å². The first-order valence-electron chi connectivity index (χ1n) is 4.47. The van der Waals surface area contributed by atoms with Gasteiger partial charge in [0.1, 0.15) is 12.0 Å². The average molecular weight is 195 g/mol. The highest BCUT2D eigenvalue weighted by molar-refractivity contribution is 5.89. The van der Waals surface area contributed by atoms with Crippen molar-refractivity contribution in [2.24, 2.45) is 5.92 Å². The van der Waals surface area contributed by atoms with Gasteiger partial charge in [-0.2, -0.15) is 0 Å². The standard InChI is InChI=1S/C10H10FNO2/c11-10-3-1-8(5-7(10)6-10)12-9(14)2-4-13/h1,3-5,7H,2,6H2,(H,12,14). The monoisotopic (exact) mass is 195 g/mol. The Hall–Kier alpha value is -1.45. The number of aldehydes is 1. The van der Waals surface area contributed by atoms with Gasteiger partial charge in [-0.1, -0.05) is 6.08 Å². The number of carbonyl (C=O) groups is 2. The minimum Gasteiger partial charge on any atom is -0.326 e. The Kier molecular flexibility index (Phi) is 1.98. The molecule has 2 unspecified atom stereocenters. The molecule has 2 aliphatic carbocycles. The molecule has 3 nitrogen and oxygen atoms in total. The van der Waals surface area contributed by atoms with Gasteiger partial charge in [-0.15, -0.1) is 0 Å². The highest BCUT2D eigenvalue weighted by Gasteiger charge is 2.53. The molecule has 0 saturated heterocycles. The molecule has 1 saturated carbocycles. The van der Waals surface area contributed by atoms with Gasteiger partial charge in [-0.05, 0) is 18.6 Å². The zero-order valence-electron chi connectivity index (χ0n) is 7.50. The highest BCUT2D eigenvalue weighted by Crippen LogP contribution is 2.51. The summed E-state index contributed by atoms with van der Waals surface area (Å²) in [6.45, 7) is 0. The van der Waals surface area contributed by atoms with Crippen molar-refractivity contribution in [3.8, 4) is 0 Å². The molecule has 1 N–H and O–H groups in total. The maximum absolute atomic E-state index is 13.3. The van der Waals surface area contributed by atoms with Crippen molar-refractivity contribution in [1.82, 2.24) is 5.32 Å². The molecule has 2 atom stereocenters. The molecule has 1 fully saturated rings. The third kappa shape index (κ3) is 1.60. The summed E-state index contributed by atoms with van der Waals surface area (Å²) >= 11 is 0. The van der Waals surface area contributed by atoms with Gasteiger partial charge in [0.15, 0.2) is 0 Å². The van der Waals surface area contributed by atoms with Crippen LogP contribution in [0.15, 0.2) is 23.9 Å². The Balaban J connectivity index is 1.95. The van der Waals surface area contributed by atoms with Crippen LogP contribution in [-0.4, -0.2) is 17.9 Å². The van der Waals surface area contributed by atoms with Crippen molar-refractivity contribution in [3.63, 3.8) is 0 Å². The fourth-order valence-electron chi connectivity index (χ4n) is 1.54. The van der Waals surface area contributed by atoms with Crippen LogP contribution in [0.1, 0.15) is 12.8 Å². The minimum absolute atomic E-state index is 0.0981. The topological polar surface area (TPSA) is 46.2 Å². The number of hydrogen-bond donors (Lipinski definition) is 1. The number of halogens is 1. The molecular weight excluding hydrogens is 185 g/mol. The van der Waals surface area contributed by atoms with Crippen LogP contribution in [0.25, 0.3) is 0 Å². The van der Waals surface area contributed by atoms with Crippen molar-refractivity contribution in [2.75, 3.05) is 0 Å². The lowest BCUT2D eigenvalue weighted by molar-refractivity contribution is -0.123. The first-order valence-corrected chi connectivity index (χ1v) is 4.47. The number of carbonyl (C=O) groups excluding carboxylic acids is 2. The van der Waals surface area contributed by atoms with Gasteiger partial charge in [-0.3, -0.25) is 4.79 Å². The Morgan fingerprint density at radius 3 is 3.21 bits per heavy atom. The SMILES string of the molecule is O=CCC(=O)NC1=CC2CC2(F)C=C1. The van der Waals surface area contributed by atoms with Gasteiger partial charge in [-0.25, -0.2) is 4.39 Å². The van der Waals surface area contributed by atoms with Crippen molar-refractivity contribution in [2.45, 2.75) is 18.5 Å². The van der Waals surface area contributed by atoms with Crippen LogP contribution in [0.5, 0.6) is 0 Å². The number of alkyl halides is 1. The summed E-state index contributed by atoms with van der Waals surface area (Å²) in [5, 5.41) is 2.53. The van der Waals surface area contributed by atoms with E-state index in [4.69, 9.17) is 0 Å². The maximum atomic E-state index is 13.3. The molecule has 74 valence electrons. The Bertz CT molecular complexity index is 348. The molecule has 0 radical (unpaired) electrons. The molecule has 1 amide bonds. The highest BCUT2D eigenvalue weighted by atomic mass is 19.1. The lowest BCUT2D eigenvalue weighted by atomic mass is 10.1. The Morgan fingerprint density at radius 1 is 1.79 bits per heavy atom. The van der Waals surface area contributed by atoms with E-state index >= 15 is 0 Å². The number of amides is 1. The number of hydrogen-bond acceptors (Lipinski definition) is 2. The fourth-order valence-corrected chi connectivity index (χ4v) is 1.54. The van der Waals surface area contributed by atoms with Crippen LogP contribution in [0.3, 0.4) is 0 Å². The average Bonchev–Trinajstić information content (AvgIpc) is 2.76. The molecule has 0 heterocycles. The minimum atomic E-state index is -1.17. The summed E-state index contributed by atoms with van der Waals surface area (Å²) in [4.78, 5) is 21.0. The molecule has 4 heteroatoms. The van der Waals surface area contributed by atoms with Crippen LogP contribution < -0.4 is 5.32 Å². The van der Waals surface area contributed by atoms with Gasteiger partial charge in [0.2, 0.25) is 5.91 Å². The first kappa shape index (κ1) is 9.12. The lowest BCUT2D eigenvalue weighted by Gasteiger charge is -2.09. The molecule has 2 rings (SSSR count). The maximum Gasteiger partial charge on any atom is 0.231 e. The van der Waals surface area contributed by atoms with Crippen molar-refractivity contribution in [1.29, 1.82) is 0 Å². The van der Waals surface area contributed by atoms with Gasteiger partial charge in [0.05, 0.1) is 6.42 Å². The van der Waals surface area contributed by atoms with Crippen LogP contribution in [-0.2, 0) is 9.59 Å². The number of nitrogens with one attached hydrogen (secondary N) is 1. The van der Waals surface area contributed by atoms with E-state index in [0.717, 1.165) is 0 Å². The number of allylic oxidation sites excluding steroid dienone is 3. The summed E-state index contributed by atoms with van der Waals surface area (Å²) in [5.41, 5.74) is -0.577. The molecule has 0 aromatic heterocycles. The third-order valence-electron chi connectivity index (χ3n) is 2.46. The van der Waals surface area contributed by atoms with E-state index in [1.807, 2.05) is 0 Å².